The Morgan fingerprint density at radius 3 is 3.14 bits per heavy atom. The average molecular weight is 305 g/mol. The molecule has 0 fully saturated rings. The van der Waals surface area contributed by atoms with E-state index in [1.54, 1.807) is 12.1 Å². The van der Waals surface area contributed by atoms with Crippen LogP contribution >= 0.6 is 11.3 Å². The first-order valence-corrected chi connectivity index (χ1v) is 7.38. The lowest BCUT2D eigenvalue weighted by molar-refractivity contribution is -0.118. The van der Waals surface area contributed by atoms with Gasteiger partial charge in [0.25, 0.3) is 5.91 Å². The predicted molar refractivity (Wildman–Crippen MR) is 82.7 cm³/mol. The Labute approximate surface area is 125 Å². The molecule has 6 nitrogen and oxygen atoms in total. The maximum atomic E-state index is 11.3. The number of carbonyl (C=O) groups is 1. The van der Waals surface area contributed by atoms with Crippen molar-refractivity contribution in [2.24, 2.45) is 0 Å². The van der Waals surface area contributed by atoms with Crippen LogP contribution in [0.5, 0.6) is 5.75 Å². The molecule has 3 rings (SSSR count). The van der Waals surface area contributed by atoms with E-state index >= 15 is 0 Å². The lowest BCUT2D eigenvalue weighted by Crippen LogP contribution is -2.25. The van der Waals surface area contributed by atoms with Gasteiger partial charge in [-0.25, -0.2) is 0 Å². The third-order valence-electron chi connectivity index (χ3n) is 3.20. The number of hydrogen-bond acceptors (Lipinski definition) is 6. The minimum atomic E-state index is -0.613. The van der Waals surface area contributed by atoms with Gasteiger partial charge in [0.05, 0.1) is 23.2 Å². The Hall–Kier alpha value is -2.25. The van der Waals surface area contributed by atoms with Gasteiger partial charge in [0.1, 0.15) is 5.75 Å². The van der Waals surface area contributed by atoms with Crippen LogP contribution in [0.2, 0.25) is 0 Å². The zero-order chi connectivity index (χ0) is 14.8. The number of carbonyl (C=O) groups excluding carboxylic acids is 1. The molecular weight excluding hydrogens is 290 g/mol. The van der Waals surface area contributed by atoms with Crippen molar-refractivity contribution in [1.29, 1.82) is 0 Å². The summed E-state index contributed by atoms with van der Waals surface area (Å²) in [6.07, 6.45) is -0.613. The van der Waals surface area contributed by atoms with Crippen molar-refractivity contribution in [3.05, 3.63) is 34.5 Å². The number of aliphatic hydroxyl groups is 1. The Bertz CT molecular complexity index is 658. The number of anilines is 3. The zero-order valence-electron chi connectivity index (χ0n) is 11.1. The topological polar surface area (TPSA) is 96.6 Å². The number of aliphatic hydroxyl groups excluding tert-OH is 1. The largest absolute Gasteiger partial charge is 0.482 e. The molecule has 1 aliphatic heterocycles. The third-order valence-corrected chi connectivity index (χ3v) is 3.90. The molecule has 2 heterocycles. The summed E-state index contributed by atoms with van der Waals surface area (Å²) in [6, 6.07) is 5.25. The highest BCUT2D eigenvalue weighted by atomic mass is 32.1. The van der Waals surface area contributed by atoms with Gasteiger partial charge in [-0.05, 0) is 28.5 Å². The van der Waals surface area contributed by atoms with Crippen LogP contribution in [0, 0.1) is 0 Å². The number of ether oxygens (including phenoxy) is 1. The van der Waals surface area contributed by atoms with Gasteiger partial charge in [0.2, 0.25) is 0 Å². The number of amides is 1. The van der Waals surface area contributed by atoms with Crippen LogP contribution < -0.4 is 21.1 Å². The fraction of sp³-hybridized carbons (Fsp3) is 0.214. The first-order valence-electron chi connectivity index (χ1n) is 6.43. The average Bonchev–Trinajstić information content (AvgIpc) is 2.99. The summed E-state index contributed by atoms with van der Waals surface area (Å²) in [5.41, 5.74) is 8.54. The third kappa shape index (κ3) is 2.93. The highest BCUT2D eigenvalue weighted by molar-refractivity contribution is 7.07. The van der Waals surface area contributed by atoms with E-state index in [4.69, 9.17) is 10.5 Å². The zero-order valence-corrected chi connectivity index (χ0v) is 11.9. The lowest BCUT2D eigenvalue weighted by Gasteiger charge is -2.21. The Balaban J connectivity index is 1.73. The van der Waals surface area contributed by atoms with E-state index in [0.717, 1.165) is 5.56 Å². The molecule has 1 aliphatic rings. The maximum absolute atomic E-state index is 11.3. The van der Waals surface area contributed by atoms with Crippen LogP contribution in [0.3, 0.4) is 0 Å². The van der Waals surface area contributed by atoms with E-state index in [2.05, 4.69) is 10.6 Å². The molecule has 0 spiro atoms. The molecule has 1 aromatic heterocycles. The van der Waals surface area contributed by atoms with Gasteiger partial charge >= 0.3 is 0 Å². The predicted octanol–water partition coefficient (Wildman–Crippen LogP) is 1.81. The van der Waals surface area contributed by atoms with E-state index in [1.165, 1.54) is 11.3 Å². The van der Waals surface area contributed by atoms with Crippen molar-refractivity contribution in [2.45, 2.75) is 6.10 Å². The number of nitrogens with one attached hydrogen (secondary N) is 2. The van der Waals surface area contributed by atoms with E-state index in [0.29, 0.717) is 29.4 Å². The lowest BCUT2D eigenvalue weighted by atomic mass is 10.1. The second-order valence-corrected chi connectivity index (χ2v) is 5.51. The minimum absolute atomic E-state index is 0.00388. The van der Waals surface area contributed by atoms with Crippen molar-refractivity contribution < 1.29 is 14.6 Å². The summed E-state index contributed by atoms with van der Waals surface area (Å²) in [4.78, 5) is 11.3. The van der Waals surface area contributed by atoms with Crippen LogP contribution in [-0.4, -0.2) is 24.2 Å². The summed E-state index contributed by atoms with van der Waals surface area (Å²) >= 11 is 1.54. The molecule has 5 N–H and O–H groups in total. The summed E-state index contributed by atoms with van der Waals surface area (Å²) in [5, 5.41) is 19.7. The van der Waals surface area contributed by atoms with Crippen molar-refractivity contribution >= 4 is 34.3 Å². The van der Waals surface area contributed by atoms with E-state index in [9.17, 15) is 9.90 Å². The molecule has 0 aliphatic carbocycles. The fourth-order valence-corrected chi connectivity index (χ4v) is 2.79. The first-order chi connectivity index (χ1) is 10.1. The van der Waals surface area contributed by atoms with Crippen molar-refractivity contribution in [1.82, 2.24) is 0 Å². The second kappa shape index (κ2) is 5.63. The van der Waals surface area contributed by atoms with E-state index in [1.807, 2.05) is 16.8 Å². The molecule has 1 unspecified atom stereocenters. The van der Waals surface area contributed by atoms with Crippen LogP contribution in [0.15, 0.2) is 29.0 Å². The maximum Gasteiger partial charge on any atom is 0.262 e. The first kappa shape index (κ1) is 13.7. The quantitative estimate of drug-likeness (QED) is 0.646. The van der Waals surface area contributed by atoms with E-state index < -0.39 is 6.10 Å². The van der Waals surface area contributed by atoms with Gasteiger partial charge in [-0.15, -0.1) is 0 Å². The number of nitrogen functional groups attached to an aromatic ring is 1. The molecular formula is C14H15N3O3S. The number of nitrogens with two attached hydrogens (primary N) is 1. The van der Waals surface area contributed by atoms with Crippen LogP contribution in [0.25, 0.3) is 0 Å². The van der Waals surface area contributed by atoms with Gasteiger partial charge < -0.3 is 26.2 Å². The minimum Gasteiger partial charge on any atom is -0.482 e. The molecule has 0 radical (unpaired) electrons. The number of hydrogen-bond donors (Lipinski definition) is 4. The van der Waals surface area contributed by atoms with Gasteiger partial charge in [-0.3, -0.25) is 4.79 Å². The highest BCUT2D eigenvalue weighted by Gasteiger charge is 2.18. The second-order valence-electron chi connectivity index (χ2n) is 4.73. The molecule has 7 heteroatoms. The fourth-order valence-electron chi connectivity index (χ4n) is 2.08. The monoisotopic (exact) mass is 305 g/mol. The smallest absolute Gasteiger partial charge is 0.262 e. The normalized spacial score (nSPS) is 14.8. The molecule has 21 heavy (non-hydrogen) atoms. The molecule has 1 atom stereocenters. The SMILES string of the molecule is Nc1cc2c(cc1NCC(O)c1ccsc1)NC(=O)CO2. The molecule has 2 aromatic rings. The van der Waals surface area contributed by atoms with Crippen molar-refractivity contribution in [2.75, 3.05) is 29.5 Å². The molecule has 0 saturated carbocycles. The van der Waals surface area contributed by atoms with Crippen LogP contribution in [0.1, 0.15) is 11.7 Å². The standard InChI is InChI=1S/C14H15N3O3S/c15-9-3-13-11(17-14(19)6-20-13)4-10(9)16-5-12(18)8-1-2-21-7-8/h1-4,7,12,16,18H,5-6,15H2,(H,17,19). The number of rotatable bonds is 4. The van der Waals surface area contributed by atoms with Crippen LogP contribution in [-0.2, 0) is 4.79 Å². The summed E-state index contributed by atoms with van der Waals surface area (Å²) in [5.74, 6) is 0.354. The molecule has 0 bridgehead atoms. The molecule has 1 amide bonds. The summed E-state index contributed by atoms with van der Waals surface area (Å²) < 4.78 is 5.29. The summed E-state index contributed by atoms with van der Waals surface area (Å²) in [6.45, 7) is 0.324. The highest BCUT2D eigenvalue weighted by Crippen LogP contribution is 2.35. The summed E-state index contributed by atoms with van der Waals surface area (Å²) in [7, 11) is 0. The van der Waals surface area contributed by atoms with Gasteiger partial charge in [0.15, 0.2) is 6.61 Å². The molecule has 0 saturated heterocycles. The number of benzene rings is 1. The van der Waals surface area contributed by atoms with E-state index in [-0.39, 0.29) is 12.5 Å². The van der Waals surface area contributed by atoms with Gasteiger partial charge in [-0.1, -0.05) is 0 Å². The van der Waals surface area contributed by atoms with Crippen molar-refractivity contribution in [3.63, 3.8) is 0 Å². The van der Waals surface area contributed by atoms with Gasteiger partial charge in [-0.2, -0.15) is 11.3 Å². The van der Waals surface area contributed by atoms with Crippen molar-refractivity contribution in [3.8, 4) is 5.75 Å². The Morgan fingerprint density at radius 2 is 2.38 bits per heavy atom. The molecule has 1 aromatic carbocycles. The molecule has 110 valence electrons. The van der Waals surface area contributed by atoms with Gasteiger partial charge in [0, 0.05) is 12.6 Å². The Morgan fingerprint density at radius 1 is 1.52 bits per heavy atom. The Kier molecular flexibility index (Phi) is 3.68. The van der Waals surface area contributed by atoms with Crippen LogP contribution in [0.4, 0.5) is 17.1 Å². The number of fused-ring (bicyclic) bond motifs is 1. The number of thiophene rings is 1.